The van der Waals surface area contributed by atoms with Gasteiger partial charge in [-0.25, -0.2) is 0 Å². The smallest absolute Gasteiger partial charge is 0.237 e. The van der Waals surface area contributed by atoms with Crippen molar-refractivity contribution in [2.45, 2.75) is 49.1 Å². The number of rotatable bonds is 9. The molecular weight excluding hydrogens is 284 g/mol. The molecule has 0 aromatic heterocycles. The number of thioether (sulfide) groups is 1. The monoisotopic (exact) mass is 308 g/mol. The number of hydrogen-bond acceptors (Lipinski definition) is 4. The minimum Gasteiger partial charge on any atom is -0.496 e. The molecule has 1 aliphatic carbocycles. The van der Waals surface area contributed by atoms with Gasteiger partial charge in [-0.2, -0.15) is 0 Å². The van der Waals surface area contributed by atoms with Crippen molar-refractivity contribution in [1.29, 1.82) is 0 Å². The van der Waals surface area contributed by atoms with Gasteiger partial charge in [0, 0.05) is 10.9 Å². The van der Waals surface area contributed by atoms with E-state index in [0.717, 1.165) is 42.1 Å². The van der Waals surface area contributed by atoms with E-state index in [1.54, 1.807) is 18.9 Å². The molecule has 1 fully saturated rings. The first kappa shape index (κ1) is 16.2. The van der Waals surface area contributed by atoms with Crippen LogP contribution in [0.4, 0.5) is 0 Å². The van der Waals surface area contributed by atoms with Crippen LogP contribution in [-0.4, -0.2) is 30.4 Å². The standard InChI is InChI=1S/C16H24N2O2S/c1-16(15(17)19,18-12-8-9-12)10-5-11-21-14-7-4-3-6-13(14)20-2/h3-4,6-7,12,18H,5,8-11H2,1-2H3,(H2,17,19). The molecule has 5 heteroatoms. The summed E-state index contributed by atoms with van der Waals surface area (Å²) in [5.74, 6) is 1.59. The number of methoxy groups -OCH3 is 1. The molecule has 0 heterocycles. The summed E-state index contributed by atoms with van der Waals surface area (Å²) < 4.78 is 5.34. The summed E-state index contributed by atoms with van der Waals surface area (Å²) in [7, 11) is 1.68. The lowest BCUT2D eigenvalue weighted by Gasteiger charge is -2.27. The summed E-state index contributed by atoms with van der Waals surface area (Å²) >= 11 is 1.75. The number of nitrogens with two attached hydrogens (primary N) is 1. The number of amides is 1. The number of benzene rings is 1. The van der Waals surface area contributed by atoms with Crippen LogP contribution in [0, 0.1) is 0 Å². The Morgan fingerprint density at radius 3 is 2.81 bits per heavy atom. The number of nitrogens with one attached hydrogen (secondary N) is 1. The molecule has 3 N–H and O–H groups in total. The normalized spacial score (nSPS) is 17.2. The van der Waals surface area contributed by atoms with E-state index in [1.807, 2.05) is 25.1 Å². The summed E-state index contributed by atoms with van der Waals surface area (Å²) in [6, 6.07) is 8.47. The predicted molar refractivity (Wildman–Crippen MR) is 86.7 cm³/mol. The van der Waals surface area contributed by atoms with Gasteiger partial charge in [0.25, 0.3) is 0 Å². The molecule has 1 aliphatic rings. The first-order chi connectivity index (χ1) is 10.0. The lowest BCUT2D eigenvalue weighted by Crippen LogP contribution is -2.54. The third-order valence-electron chi connectivity index (χ3n) is 3.79. The lowest BCUT2D eigenvalue weighted by atomic mass is 9.95. The van der Waals surface area contributed by atoms with Crippen LogP contribution in [0.2, 0.25) is 0 Å². The van der Waals surface area contributed by atoms with E-state index in [9.17, 15) is 4.79 Å². The fourth-order valence-electron chi connectivity index (χ4n) is 2.29. The molecule has 21 heavy (non-hydrogen) atoms. The van der Waals surface area contributed by atoms with Crippen molar-refractivity contribution in [2.75, 3.05) is 12.9 Å². The maximum atomic E-state index is 11.7. The van der Waals surface area contributed by atoms with Crippen LogP contribution < -0.4 is 15.8 Å². The van der Waals surface area contributed by atoms with Crippen molar-refractivity contribution in [3.05, 3.63) is 24.3 Å². The maximum absolute atomic E-state index is 11.7. The van der Waals surface area contributed by atoms with Gasteiger partial charge in [0.05, 0.1) is 12.6 Å². The first-order valence-electron chi connectivity index (χ1n) is 7.38. The predicted octanol–water partition coefficient (Wildman–Crippen LogP) is 2.56. The number of carbonyl (C=O) groups excluding carboxylic acids is 1. The molecule has 1 aromatic carbocycles. The Hall–Kier alpha value is -1.20. The van der Waals surface area contributed by atoms with Crippen molar-refractivity contribution in [2.24, 2.45) is 5.73 Å². The van der Waals surface area contributed by atoms with E-state index < -0.39 is 5.54 Å². The van der Waals surface area contributed by atoms with E-state index in [0.29, 0.717) is 6.04 Å². The number of primary amides is 1. The zero-order valence-electron chi connectivity index (χ0n) is 12.7. The number of para-hydroxylation sites is 1. The van der Waals surface area contributed by atoms with Crippen molar-refractivity contribution in [3.63, 3.8) is 0 Å². The number of carbonyl (C=O) groups is 1. The summed E-state index contributed by atoms with van der Waals surface area (Å²) in [5, 5.41) is 3.38. The Balaban J connectivity index is 1.81. The molecule has 0 saturated heterocycles. The van der Waals surface area contributed by atoms with Crippen LogP contribution in [0.15, 0.2) is 29.2 Å². The molecule has 1 saturated carbocycles. The highest BCUT2D eigenvalue weighted by Crippen LogP contribution is 2.30. The second kappa shape index (κ2) is 7.18. The summed E-state index contributed by atoms with van der Waals surface area (Å²) in [6.45, 7) is 1.92. The van der Waals surface area contributed by atoms with E-state index >= 15 is 0 Å². The highest BCUT2D eigenvalue weighted by Gasteiger charge is 2.36. The average molecular weight is 308 g/mol. The van der Waals surface area contributed by atoms with Gasteiger partial charge in [0.2, 0.25) is 5.91 Å². The van der Waals surface area contributed by atoms with Gasteiger partial charge < -0.3 is 15.8 Å². The van der Waals surface area contributed by atoms with E-state index in [1.165, 1.54) is 0 Å². The topological polar surface area (TPSA) is 64.3 Å². The molecule has 1 atom stereocenters. The van der Waals surface area contributed by atoms with Crippen molar-refractivity contribution < 1.29 is 9.53 Å². The zero-order chi connectivity index (χ0) is 15.3. The van der Waals surface area contributed by atoms with Crippen LogP contribution in [0.25, 0.3) is 0 Å². The van der Waals surface area contributed by atoms with Crippen molar-refractivity contribution in [3.8, 4) is 5.75 Å². The minimum atomic E-state index is -0.581. The Kier molecular flexibility index (Phi) is 5.53. The van der Waals surface area contributed by atoms with Gasteiger partial charge in [0.15, 0.2) is 0 Å². The Morgan fingerprint density at radius 1 is 1.48 bits per heavy atom. The average Bonchev–Trinajstić information content (AvgIpc) is 3.27. The molecule has 1 amide bonds. The van der Waals surface area contributed by atoms with Crippen molar-refractivity contribution in [1.82, 2.24) is 5.32 Å². The highest BCUT2D eigenvalue weighted by atomic mass is 32.2. The lowest BCUT2D eigenvalue weighted by molar-refractivity contribution is -0.124. The summed E-state index contributed by atoms with van der Waals surface area (Å²) in [5.41, 5.74) is 4.98. The van der Waals surface area contributed by atoms with Gasteiger partial charge >= 0.3 is 0 Å². The summed E-state index contributed by atoms with van der Waals surface area (Å²) in [4.78, 5) is 12.8. The highest BCUT2D eigenvalue weighted by molar-refractivity contribution is 7.99. The van der Waals surface area contributed by atoms with Crippen LogP contribution in [-0.2, 0) is 4.79 Å². The van der Waals surface area contributed by atoms with Crippen LogP contribution in [0.3, 0.4) is 0 Å². The molecular formula is C16H24N2O2S. The Bertz CT molecular complexity index is 491. The van der Waals surface area contributed by atoms with Gasteiger partial charge in [-0.3, -0.25) is 4.79 Å². The van der Waals surface area contributed by atoms with Crippen LogP contribution in [0.5, 0.6) is 5.75 Å². The number of ether oxygens (including phenoxy) is 1. The first-order valence-corrected chi connectivity index (χ1v) is 8.37. The quantitative estimate of drug-likeness (QED) is 0.543. The fraction of sp³-hybridized carbons (Fsp3) is 0.562. The van der Waals surface area contributed by atoms with Crippen LogP contribution >= 0.6 is 11.8 Å². The molecule has 4 nitrogen and oxygen atoms in total. The SMILES string of the molecule is COc1ccccc1SCCCC(C)(NC1CC1)C(N)=O. The molecule has 116 valence electrons. The molecule has 0 radical (unpaired) electrons. The molecule has 0 bridgehead atoms. The Labute approximate surface area is 130 Å². The molecule has 1 aromatic rings. The second-order valence-electron chi connectivity index (χ2n) is 5.72. The van der Waals surface area contributed by atoms with E-state index in [4.69, 9.17) is 10.5 Å². The minimum absolute atomic E-state index is 0.253. The maximum Gasteiger partial charge on any atom is 0.237 e. The van der Waals surface area contributed by atoms with Crippen LogP contribution in [0.1, 0.15) is 32.6 Å². The largest absolute Gasteiger partial charge is 0.496 e. The molecule has 0 spiro atoms. The third kappa shape index (κ3) is 4.64. The zero-order valence-corrected chi connectivity index (χ0v) is 13.5. The molecule has 2 rings (SSSR count). The van der Waals surface area contributed by atoms with Gasteiger partial charge in [0.1, 0.15) is 5.75 Å². The summed E-state index contributed by atoms with van der Waals surface area (Å²) in [6.07, 6.45) is 4.00. The fourth-order valence-corrected chi connectivity index (χ4v) is 3.27. The van der Waals surface area contributed by atoms with E-state index in [2.05, 4.69) is 11.4 Å². The Morgan fingerprint density at radius 2 is 2.19 bits per heavy atom. The van der Waals surface area contributed by atoms with Crippen molar-refractivity contribution >= 4 is 17.7 Å². The molecule has 1 unspecified atom stereocenters. The second-order valence-corrected chi connectivity index (χ2v) is 6.85. The van der Waals surface area contributed by atoms with Gasteiger partial charge in [-0.1, -0.05) is 12.1 Å². The van der Waals surface area contributed by atoms with E-state index in [-0.39, 0.29) is 5.91 Å². The third-order valence-corrected chi connectivity index (χ3v) is 4.93. The van der Waals surface area contributed by atoms with Gasteiger partial charge in [-0.05, 0) is 50.5 Å². The molecule has 0 aliphatic heterocycles. The number of hydrogen-bond donors (Lipinski definition) is 2. The van der Waals surface area contributed by atoms with Gasteiger partial charge in [-0.15, -0.1) is 11.8 Å².